The second kappa shape index (κ2) is 9.35. The Bertz CT molecular complexity index is 1490. The van der Waals surface area contributed by atoms with E-state index in [2.05, 4.69) is 0 Å². The highest BCUT2D eigenvalue weighted by Gasteiger charge is 2.70. The van der Waals surface area contributed by atoms with Crippen LogP contribution in [-0.2, 0) is 23.9 Å². The molecule has 2 unspecified atom stereocenters. The molecule has 0 spiro atoms. The summed E-state index contributed by atoms with van der Waals surface area (Å²) >= 11 is 0. The van der Waals surface area contributed by atoms with Crippen molar-refractivity contribution in [3.05, 3.63) is 59.2 Å². The van der Waals surface area contributed by atoms with Gasteiger partial charge in [0, 0.05) is 17.4 Å². The Morgan fingerprint density at radius 2 is 1.60 bits per heavy atom. The van der Waals surface area contributed by atoms with Crippen LogP contribution in [0.2, 0.25) is 0 Å². The summed E-state index contributed by atoms with van der Waals surface area (Å²) in [5.41, 5.74) is 1.75. The third kappa shape index (κ3) is 3.67. The van der Waals surface area contributed by atoms with Crippen molar-refractivity contribution in [1.29, 1.82) is 0 Å². The summed E-state index contributed by atoms with van der Waals surface area (Å²) in [5.74, 6) is -14.6. The number of aromatic hydroxyl groups is 2. The number of amides is 1. The maximum atomic E-state index is 14.0. The molecule has 0 heterocycles. The van der Waals surface area contributed by atoms with E-state index in [4.69, 9.17) is 10.5 Å². The predicted octanol–water partition coefficient (Wildman–Crippen LogP) is -0.0718. The second-order valence-corrected chi connectivity index (χ2v) is 10.6. The van der Waals surface area contributed by atoms with Crippen LogP contribution in [0.1, 0.15) is 38.8 Å². The number of benzene rings is 2. The van der Waals surface area contributed by atoms with E-state index < -0.39 is 93.5 Å². The number of nitrogens with two attached hydrogens (primary N) is 1. The third-order valence-electron chi connectivity index (χ3n) is 8.23. The number of phenols is 2. The summed E-state index contributed by atoms with van der Waals surface area (Å²) in [6, 6.07) is 8.54. The van der Waals surface area contributed by atoms with Crippen LogP contribution < -0.4 is 5.73 Å². The number of Topliss-reactive ketones (excluding diaryl/α,β-unsaturated/α-hetero) is 4. The van der Waals surface area contributed by atoms with E-state index in [9.17, 15) is 44.1 Å². The number of ketones is 4. The van der Waals surface area contributed by atoms with Crippen molar-refractivity contribution in [3.8, 4) is 11.5 Å². The first-order valence-corrected chi connectivity index (χ1v) is 12.5. The highest BCUT2D eigenvalue weighted by Crippen LogP contribution is 2.56. The number of fused-ring (bicyclic) bond motifs is 3. The maximum absolute atomic E-state index is 14.0. The van der Waals surface area contributed by atoms with Gasteiger partial charge in [-0.25, -0.2) is 4.79 Å². The fourth-order valence-corrected chi connectivity index (χ4v) is 6.51. The number of hydrogen-bond acceptors (Lipinski definition) is 11. The fourth-order valence-electron chi connectivity index (χ4n) is 6.51. The highest BCUT2D eigenvalue weighted by atomic mass is 16.5. The van der Waals surface area contributed by atoms with Gasteiger partial charge in [0.1, 0.15) is 17.6 Å². The molecule has 0 aromatic heterocycles. The van der Waals surface area contributed by atoms with Crippen LogP contribution in [0.5, 0.6) is 11.5 Å². The summed E-state index contributed by atoms with van der Waals surface area (Å²) < 4.78 is 5.77. The monoisotopic (exact) mass is 550 g/mol. The van der Waals surface area contributed by atoms with Gasteiger partial charge in [-0.3, -0.25) is 28.9 Å². The van der Waals surface area contributed by atoms with Crippen LogP contribution in [0, 0.1) is 23.7 Å². The standard InChI is InChI=1S/C28H26N2O10/c1-30(2)20-13-10-12-16(24(35)28(13,39)25(36)19(22(20)34)26(29)37)21(33)17-14(31)8-9-15(32)18(17)23(12)40-27(38)11-6-4-3-5-7-11/h3-9,12-13,16,19-20,23,31-32,39H,10H2,1-2H3,(H2,29,37)/t12-,13-,16?,19?,20-,23+,28-/m1/s1. The smallest absolute Gasteiger partial charge is 0.338 e. The minimum Gasteiger partial charge on any atom is -0.507 e. The van der Waals surface area contributed by atoms with Gasteiger partial charge >= 0.3 is 5.97 Å². The van der Waals surface area contributed by atoms with Crippen LogP contribution in [0.25, 0.3) is 0 Å². The van der Waals surface area contributed by atoms with Gasteiger partial charge in [0.2, 0.25) is 5.91 Å². The number of hydrogen-bond donors (Lipinski definition) is 4. The largest absolute Gasteiger partial charge is 0.507 e. The van der Waals surface area contributed by atoms with E-state index in [1.165, 1.54) is 31.1 Å². The van der Waals surface area contributed by atoms with Crippen molar-refractivity contribution in [2.45, 2.75) is 24.2 Å². The summed E-state index contributed by atoms with van der Waals surface area (Å²) in [6.45, 7) is 0. The lowest BCUT2D eigenvalue weighted by atomic mass is 9.51. The molecule has 0 radical (unpaired) electrons. The lowest BCUT2D eigenvalue weighted by Crippen LogP contribution is -2.74. The molecule has 3 aliphatic carbocycles. The van der Waals surface area contributed by atoms with E-state index in [-0.39, 0.29) is 17.5 Å². The number of primary amides is 1. The molecule has 2 fully saturated rings. The van der Waals surface area contributed by atoms with E-state index >= 15 is 0 Å². The van der Waals surface area contributed by atoms with Gasteiger partial charge in [-0.2, -0.15) is 0 Å². The Hall–Kier alpha value is -4.42. The quantitative estimate of drug-likeness (QED) is 0.225. The van der Waals surface area contributed by atoms with Crippen molar-refractivity contribution < 1.29 is 48.8 Å². The van der Waals surface area contributed by atoms with Crippen molar-refractivity contribution in [1.82, 2.24) is 4.90 Å². The van der Waals surface area contributed by atoms with Crippen LogP contribution >= 0.6 is 0 Å². The van der Waals surface area contributed by atoms with Crippen molar-refractivity contribution in [2.75, 3.05) is 14.1 Å². The Morgan fingerprint density at radius 3 is 2.20 bits per heavy atom. The Labute approximate surface area is 227 Å². The topological polar surface area (TPSA) is 202 Å². The minimum atomic E-state index is -2.95. The molecule has 2 saturated carbocycles. The molecule has 12 nitrogen and oxygen atoms in total. The van der Waals surface area contributed by atoms with Crippen LogP contribution in [-0.4, -0.2) is 81.0 Å². The number of phenolic OH excluding ortho intramolecular Hbond substituents is 2. The normalized spacial score (nSPS) is 31.3. The van der Waals surface area contributed by atoms with E-state index in [1.807, 2.05) is 0 Å². The molecule has 5 rings (SSSR count). The van der Waals surface area contributed by atoms with Crippen molar-refractivity contribution >= 4 is 35.0 Å². The van der Waals surface area contributed by atoms with Crippen LogP contribution in [0.15, 0.2) is 42.5 Å². The summed E-state index contributed by atoms with van der Waals surface area (Å²) in [5, 5.41) is 33.0. The predicted molar refractivity (Wildman–Crippen MR) is 134 cm³/mol. The Kier molecular flexibility index (Phi) is 6.35. The molecule has 0 aliphatic heterocycles. The molecule has 0 bridgehead atoms. The first kappa shape index (κ1) is 27.2. The summed E-state index contributed by atoms with van der Waals surface area (Å²) in [7, 11) is 2.90. The molecule has 2 aromatic rings. The lowest BCUT2D eigenvalue weighted by Gasteiger charge is -2.53. The van der Waals surface area contributed by atoms with Gasteiger partial charge in [-0.15, -0.1) is 0 Å². The minimum absolute atomic E-state index is 0.120. The van der Waals surface area contributed by atoms with Gasteiger partial charge in [0.05, 0.1) is 23.1 Å². The second-order valence-electron chi connectivity index (χ2n) is 10.6. The average molecular weight is 551 g/mol. The zero-order valence-electron chi connectivity index (χ0n) is 21.4. The molecule has 208 valence electrons. The zero-order chi connectivity index (χ0) is 29.3. The Balaban J connectivity index is 1.70. The number of carbonyl (C=O) groups is 6. The van der Waals surface area contributed by atoms with E-state index in [0.29, 0.717) is 0 Å². The maximum Gasteiger partial charge on any atom is 0.338 e. The highest BCUT2D eigenvalue weighted by molar-refractivity contribution is 6.32. The molecule has 12 heteroatoms. The number of esters is 1. The molecule has 40 heavy (non-hydrogen) atoms. The molecular formula is C28H26N2O10. The van der Waals surface area contributed by atoms with Gasteiger partial charge in [-0.05, 0) is 44.8 Å². The number of nitrogens with zero attached hydrogens (tertiary/aromatic N) is 1. The van der Waals surface area contributed by atoms with Crippen LogP contribution in [0.3, 0.4) is 0 Å². The molecule has 5 N–H and O–H groups in total. The van der Waals surface area contributed by atoms with E-state index in [0.717, 1.165) is 12.1 Å². The number of carbonyl (C=O) groups excluding carboxylic acids is 6. The fraction of sp³-hybridized carbons (Fsp3) is 0.357. The summed E-state index contributed by atoms with van der Waals surface area (Å²) in [6.07, 6.45) is -1.86. The number of aliphatic hydroxyl groups is 1. The van der Waals surface area contributed by atoms with Gasteiger partial charge in [0.15, 0.2) is 34.7 Å². The SMILES string of the molecule is CN(C)[C@H]1C(=O)C(C(N)=O)C(=O)[C@]2(O)C(=O)C3C(=O)c4c(O)ccc(O)c4[C@@H](OC(=O)c4ccccc4)[C@@H]3C[C@H]12. The van der Waals surface area contributed by atoms with Crippen LogP contribution in [0.4, 0.5) is 0 Å². The van der Waals surface area contributed by atoms with Crippen molar-refractivity contribution in [3.63, 3.8) is 0 Å². The molecular weight excluding hydrogens is 524 g/mol. The molecule has 1 amide bonds. The first-order chi connectivity index (χ1) is 18.8. The zero-order valence-corrected chi connectivity index (χ0v) is 21.4. The Morgan fingerprint density at radius 1 is 0.975 bits per heavy atom. The molecule has 0 saturated heterocycles. The third-order valence-corrected chi connectivity index (χ3v) is 8.23. The van der Waals surface area contributed by atoms with E-state index in [1.54, 1.807) is 18.2 Å². The molecule has 7 atom stereocenters. The number of ether oxygens (including phenoxy) is 1. The van der Waals surface area contributed by atoms with Gasteiger partial charge in [-0.1, -0.05) is 18.2 Å². The number of likely N-dealkylation sites (N-methyl/N-ethyl adjacent to an activating group) is 1. The average Bonchev–Trinajstić information content (AvgIpc) is 2.90. The summed E-state index contributed by atoms with van der Waals surface area (Å²) in [4.78, 5) is 81.0. The molecule has 2 aromatic carbocycles. The van der Waals surface area contributed by atoms with Gasteiger partial charge in [0.25, 0.3) is 0 Å². The molecule has 3 aliphatic rings. The van der Waals surface area contributed by atoms with Crippen molar-refractivity contribution in [2.24, 2.45) is 29.4 Å². The number of rotatable bonds is 4. The first-order valence-electron chi connectivity index (χ1n) is 12.5. The lowest BCUT2D eigenvalue weighted by molar-refractivity contribution is -0.184. The van der Waals surface area contributed by atoms with Gasteiger partial charge < -0.3 is 25.8 Å².